The van der Waals surface area contributed by atoms with Crippen molar-refractivity contribution >= 4 is 0 Å². The summed E-state index contributed by atoms with van der Waals surface area (Å²) in [7, 11) is 0. The highest BCUT2D eigenvalue weighted by molar-refractivity contribution is 5.45. The summed E-state index contributed by atoms with van der Waals surface area (Å²) < 4.78 is 12.0. The van der Waals surface area contributed by atoms with Crippen molar-refractivity contribution in [1.82, 2.24) is 9.97 Å². The molecule has 0 amide bonds. The zero-order valence-electron chi connectivity index (χ0n) is 17.2. The Kier molecular flexibility index (Phi) is 6.36. The molecular formula is C25H22N2O5. The molecule has 3 N–H and O–H groups in total. The lowest BCUT2D eigenvalue weighted by molar-refractivity contribution is 0.255. The molecule has 7 nitrogen and oxygen atoms in total. The van der Waals surface area contributed by atoms with Crippen LogP contribution in [0.5, 0.6) is 17.4 Å². The van der Waals surface area contributed by atoms with Crippen LogP contribution in [-0.2, 0) is 19.6 Å². The van der Waals surface area contributed by atoms with Crippen molar-refractivity contribution in [1.29, 1.82) is 0 Å². The van der Waals surface area contributed by atoms with E-state index in [1.165, 1.54) is 0 Å². The highest BCUT2D eigenvalue weighted by atomic mass is 16.5. The molecule has 0 spiro atoms. The summed E-state index contributed by atoms with van der Waals surface area (Å²) in [6.45, 7) is 0.721. The zero-order valence-corrected chi connectivity index (χ0v) is 17.2. The molecule has 0 aliphatic carbocycles. The Labute approximate surface area is 183 Å². The van der Waals surface area contributed by atoms with Crippen molar-refractivity contribution in [2.45, 2.75) is 19.6 Å². The molecule has 0 saturated heterocycles. The normalized spacial score (nSPS) is 10.6. The highest BCUT2D eigenvalue weighted by Crippen LogP contribution is 2.31. The Bertz CT molecular complexity index is 1300. The van der Waals surface area contributed by atoms with Crippen LogP contribution in [-0.4, -0.2) is 15.1 Å². The first-order valence-corrected chi connectivity index (χ1v) is 10.1. The van der Waals surface area contributed by atoms with Crippen molar-refractivity contribution in [2.24, 2.45) is 0 Å². The van der Waals surface area contributed by atoms with Gasteiger partial charge in [0.1, 0.15) is 13.2 Å². The summed E-state index contributed by atoms with van der Waals surface area (Å²) in [5, 5.41) is 9.99. The Morgan fingerprint density at radius 1 is 0.688 bits per heavy atom. The molecule has 4 rings (SSSR count). The van der Waals surface area contributed by atoms with E-state index in [-0.39, 0.29) is 12.0 Å². The molecule has 0 atom stereocenters. The number of hydrogen-bond acceptors (Lipinski definition) is 5. The minimum absolute atomic E-state index is 0.0663. The zero-order chi connectivity index (χ0) is 22.3. The number of aromatic amines is 2. The molecule has 4 aromatic rings. The molecule has 0 fully saturated rings. The van der Waals surface area contributed by atoms with Gasteiger partial charge in [-0.05, 0) is 28.8 Å². The van der Waals surface area contributed by atoms with Gasteiger partial charge >= 0.3 is 5.69 Å². The van der Waals surface area contributed by atoms with E-state index in [1.54, 1.807) is 18.2 Å². The number of H-pyrrole nitrogens is 2. The van der Waals surface area contributed by atoms with Gasteiger partial charge in [-0.2, -0.15) is 0 Å². The second-order valence-corrected chi connectivity index (χ2v) is 7.24. The maximum Gasteiger partial charge on any atom is 0.328 e. The lowest BCUT2D eigenvalue weighted by Gasteiger charge is -2.15. The van der Waals surface area contributed by atoms with Crippen LogP contribution in [0.1, 0.15) is 22.3 Å². The van der Waals surface area contributed by atoms with E-state index in [9.17, 15) is 14.7 Å². The molecule has 1 aromatic heterocycles. The van der Waals surface area contributed by atoms with Crippen molar-refractivity contribution in [3.8, 4) is 17.4 Å². The first-order chi connectivity index (χ1) is 15.6. The first kappa shape index (κ1) is 21.0. The largest absolute Gasteiger partial charge is 0.494 e. The number of ether oxygens (including phenoxy) is 2. The third kappa shape index (κ3) is 5.26. The summed E-state index contributed by atoms with van der Waals surface area (Å²) >= 11 is 0. The summed E-state index contributed by atoms with van der Waals surface area (Å²) in [5.41, 5.74) is 1.41. The van der Waals surface area contributed by atoms with Crippen molar-refractivity contribution in [3.05, 3.63) is 122 Å². The molecular weight excluding hydrogens is 408 g/mol. The lowest BCUT2D eigenvalue weighted by atomic mass is 10.1. The fourth-order valence-electron chi connectivity index (χ4n) is 3.23. The Morgan fingerprint density at radius 2 is 1.28 bits per heavy atom. The molecule has 162 valence electrons. The molecule has 7 heteroatoms. The third-order valence-corrected chi connectivity index (χ3v) is 4.88. The van der Waals surface area contributed by atoms with Gasteiger partial charge in [-0.15, -0.1) is 0 Å². The molecule has 1 heterocycles. The van der Waals surface area contributed by atoms with Gasteiger partial charge in [0, 0.05) is 6.42 Å². The topological polar surface area (TPSA) is 104 Å². The van der Waals surface area contributed by atoms with Crippen molar-refractivity contribution < 1.29 is 14.6 Å². The lowest BCUT2D eigenvalue weighted by Crippen LogP contribution is -2.25. The number of benzene rings is 3. The average molecular weight is 430 g/mol. The maximum absolute atomic E-state index is 12.1. The van der Waals surface area contributed by atoms with Gasteiger partial charge in [-0.3, -0.25) is 14.8 Å². The molecule has 0 radical (unpaired) electrons. The number of nitrogens with one attached hydrogen (secondary N) is 2. The van der Waals surface area contributed by atoms with Gasteiger partial charge in [0.2, 0.25) is 5.88 Å². The molecule has 0 saturated carbocycles. The van der Waals surface area contributed by atoms with Crippen LogP contribution in [0, 0.1) is 0 Å². The van der Waals surface area contributed by atoms with E-state index < -0.39 is 17.1 Å². The quantitative estimate of drug-likeness (QED) is 0.397. The number of rotatable bonds is 8. The third-order valence-electron chi connectivity index (χ3n) is 4.88. The Hall–Kier alpha value is -4.26. The van der Waals surface area contributed by atoms with Crippen LogP contribution in [0.25, 0.3) is 0 Å². The molecule has 0 aliphatic rings. The van der Waals surface area contributed by atoms with Crippen LogP contribution in [0.15, 0.2) is 88.5 Å². The van der Waals surface area contributed by atoms with Crippen LogP contribution >= 0.6 is 0 Å². The molecule has 0 unspecified atom stereocenters. The summed E-state index contributed by atoms with van der Waals surface area (Å²) in [4.78, 5) is 27.7. The van der Waals surface area contributed by atoms with Gasteiger partial charge in [0.05, 0.1) is 5.56 Å². The number of hydrogen-bond donors (Lipinski definition) is 3. The molecule has 32 heavy (non-hydrogen) atoms. The van der Waals surface area contributed by atoms with Crippen LogP contribution < -0.4 is 20.7 Å². The molecule has 0 aliphatic heterocycles. The van der Waals surface area contributed by atoms with Gasteiger partial charge in [0.25, 0.3) is 5.56 Å². The summed E-state index contributed by atoms with van der Waals surface area (Å²) in [5.74, 6) is 0.630. The van der Waals surface area contributed by atoms with E-state index in [4.69, 9.17) is 9.47 Å². The molecule has 0 bridgehead atoms. The Morgan fingerprint density at radius 3 is 1.88 bits per heavy atom. The van der Waals surface area contributed by atoms with Crippen molar-refractivity contribution in [2.75, 3.05) is 0 Å². The van der Waals surface area contributed by atoms with Crippen LogP contribution in [0.3, 0.4) is 0 Å². The summed E-state index contributed by atoms with van der Waals surface area (Å²) in [6.07, 6.45) is 0.110. The van der Waals surface area contributed by atoms with Gasteiger partial charge in [-0.1, -0.05) is 66.7 Å². The number of aromatic nitrogens is 2. The molecule has 3 aromatic carbocycles. The number of aromatic hydroxyl groups is 1. The predicted octanol–water partition coefficient (Wildman–Crippen LogP) is 3.52. The fraction of sp³-hybridized carbons (Fsp3) is 0.120. The maximum atomic E-state index is 12.1. The van der Waals surface area contributed by atoms with Crippen LogP contribution in [0.4, 0.5) is 0 Å². The fourth-order valence-corrected chi connectivity index (χ4v) is 3.23. The standard InChI is InChI=1S/C25H22N2O5/c28-23-20(24(29)27-25(30)26-23)13-19-11-12-21(31-15-17-7-3-1-4-8-17)22(14-19)32-16-18-9-5-2-6-10-18/h1-12,14H,13,15-16H2,(H3,26,27,28,29,30). The van der Waals surface area contributed by atoms with Gasteiger partial charge < -0.3 is 14.6 Å². The van der Waals surface area contributed by atoms with Gasteiger partial charge in [0.15, 0.2) is 11.5 Å². The minimum Gasteiger partial charge on any atom is -0.494 e. The highest BCUT2D eigenvalue weighted by Gasteiger charge is 2.13. The van der Waals surface area contributed by atoms with E-state index in [1.807, 2.05) is 60.7 Å². The van der Waals surface area contributed by atoms with E-state index in [2.05, 4.69) is 9.97 Å². The minimum atomic E-state index is -0.757. The summed E-state index contributed by atoms with van der Waals surface area (Å²) in [6, 6.07) is 24.9. The van der Waals surface area contributed by atoms with Crippen molar-refractivity contribution in [3.63, 3.8) is 0 Å². The first-order valence-electron chi connectivity index (χ1n) is 10.1. The SMILES string of the molecule is O=c1[nH]c(O)c(Cc2ccc(OCc3ccccc3)c(OCc3ccccc3)c2)c(=O)[nH]1. The predicted molar refractivity (Wildman–Crippen MR) is 120 cm³/mol. The average Bonchev–Trinajstić information content (AvgIpc) is 2.80. The van der Waals surface area contributed by atoms with E-state index >= 15 is 0 Å². The van der Waals surface area contributed by atoms with Crippen LogP contribution in [0.2, 0.25) is 0 Å². The van der Waals surface area contributed by atoms with Gasteiger partial charge in [-0.25, -0.2) is 4.79 Å². The second kappa shape index (κ2) is 9.70. The van der Waals surface area contributed by atoms with E-state index in [0.29, 0.717) is 30.3 Å². The monoisotopic (exact) mass is 430 g/mol. The smallest absolute Gasteiger partial charge is 0.328 e. The second-order valence-electron chi connectivity index (χ2n) is 7.24. The van der Waals surface area contributed by atoms with E-state index in [0.717, 1.165) is 11.1 Å². The Balaban J connectivity index is 1.59.